The summed E-state index contributed by atoms with van der Waals surface area (Å²) in [5.41, 5.74) is 1.76. The molecule has 0 aromatic heterocycles. The lowest BCUT2D eigenvalue weighted by atomic mass is 10.2. The predicted octanol–water partition coefficient (Wildman–Crippen LogP) is 1.88. The zero-order chi connectivity index (χ0) is 20.4. The van der Waals surface area contributed by atoms with Crippen molar-refractivity contribution in [3.63, 3.8) is 0 Å². The summed E-state index contributed by atoms with van der Waals surface area (Å²) in [6.45, 7) is 1.86. The van der Waals surface area contributed by atoms with Gasteiger partial charge in [0.2, 0.25) is 5.91 Å². The first-order valence-corrected chi connectivity index (χ1v) is 8.70. The fraction of sp³-hybridized carbons (Fsp3) is 0.190. The SMILES string of the molecule is C#C[C@H](C)NC(=O)CNC(=O)c1cccc(NC(=O)NCc2ccccc2)c1. The summed E-state index contributed by atoms with van der Waals surface area (Å²) < 4.78 is 0. The van der Waals surface area contributed by atoms with E-state index in [1.807, 2.05) is 30.3 Å². The van der Waals surface area contributed by atoms with Crippen molar-refractivity contribution in [2.24, 2.45) is 0 Å². The van der Waals surface area contributed by atoms with Gasteiger partial charge in [0.05, 0.1) is 12.6 Å². The molecule has 0 saturated carbocycles. The number of rotatable bonds is 7. The fourth-order valence-corrected chi connectivity index (χ4v) is 2.29. The molecule has 28 heavy (non-hydrogen) atoms. The zero-order valence-corrected chi connectivity index (χ0v) is 15.5. The summed E-state index contributed by atoms with van der Waals surface area (Å²) >= 11 is 0. The molecule has 0 aliphatic carbocycles. The minimum atomic E-state index is -0.433. The third-order valence-electron chi connectivity index (χ3n) is 3.72. The first kappa shape index (κ1) is 20.5. The van der Waals surface area contributed by atoms with Gasteiger partial charge in [-0.2, -0.15) is 0 Å². The van der Waals surface area contributed by atoms with E-state index in [2.05, 4.69) is 27.2 Å². The second kappa shape index (κ2) is 10.4. The van der Waals surface area contributed by atoms with Crippen LogP contribution in [0.2, 0.25) is 0 Å². The van der Waals surface area contributed by atoms with Crippen molar-refractivity contribution in [1.29, 1.82) is 0 Å². The van der Waals surface area contributed by atoms with Crippen molar-refractivity contribution in [1.82, 2.24) is 16.0 Å². The minimum absolute atomic E-state index is 0.194. The maximum absolute atomic E-state index is 12.2. The van der Waals surface area contributed by atoms with E-state index in [-0.39, 0.29) is 18.5 Å². The molecule has 7 nitrogen and oxygen atoms in total. The molecule has 0 radical (unpaired) electrons. The molecule has 0 bridgehead atoms. The molecule has 4 amide bonds. The van der Waals surface area contributed by atoms with Gasteiger partial charge in [-0.1, -0.05) is 42.3 Å². The number of hydrogen-bond acceptors (Lipinski definition) is 3. The van der Waals surface area contributed by atoms with Gasteiger partial charge in [0.1, 0.15) is 0 Å². The molecule has 144 valence electrons. The van der Waals surface area contributed by atoms with Crippen LogP contribution >= 0.6 is 0 Å². The molecular weight excluding hydrogens is 356 g/mol. The van der Waals surface area contributed by atoms with Gasteiger partial charge in [-0.15, -0.1) is 6.42 Å². The molecule has 2 aromatic carbocycles. The summed E-state index contributed by atoms with van der Waals surface area (Å²) in [4.78, 5) is 35.9. The topological polar surface area (TPSA) is 99.3 Å². The molecule has 0 spiro atoms. The van der Waals surface area contributed by atoms with Crippen LogP contribution in [-0.4, -0.2) is 30.4 Å². The number of terminal acetylenes is 1. The third-order valence-corrected chi connectivity index (χ3v) is 3.72. The molecule has 0 aliphatic rings. The Hall–Kier alpha value is -3.79. The number of carbonyl (C=O) groups excluding carboxylic acids is 3. The van der Waals surface area contributed by atoms with E-state index in [0.29, 0.717) is 17.8 Å². The number of carbonyl (C=O) groups is 3. The van der Waals surface area contributed by atoms with Crippen LogP contribution in [0.5, 0.6) is 0 Å². The second-order valence-corrected chi connectivity index (χ2v) is 6.01. The molecule has 2 rings (SSSR count). The quantitative estimate of drug-likeness (QED) is 0.554. The Bertz CT molecular complexity index is 875. The summed E-state index contributed by atoms with van der Waals surface area (Å²) in [6, 6.07) is 15.1. The van der Waals surface area contributed by atoms with Crippen LogP contribution in [0.25, 0.3) is 0 Å². The standard InChI is InChI=1S/C21H22N4O3/c1-3-15(2)24-19(26)14-22-20(27)17-10-7-11-18(12-17)25-21(28)23-13-16-8-5-4-6-9-16/h1,4-12,15H,13-14H2,2H3,(H,22,27)(H,24,26)(H2,23,25,28)/t15-/m0/s1. The van der Waals surface area contributed by atoms with Gasteiger partial charge in [-0.05, 0) is 30.7 Å². The molecule has 0 unspecified atom stereocenters. The van der Waals surface area contributed by atoms with Crippen LogP contribution in [0.4, 0.5) is 10.5 Å². The van der Waals surface area contributed by atoms with Gasteiger partial charge >= 0.3 is 6.03 Å². The van der Waals surface area contributed by atoms with Crippen molar-refractivity contribution >= 4 is 23.5 Å². The van der Waals surface area contributed by atoms with E-state index in [9.17, 15) is 14.4 Å². The number of hydrogen-bond donors (Lipinski definition) is 4. The lowest BCUT2D eigenvalue weighted by Crippen LogP contribution is -2.40. The minimum Gasteiger partial charge on any atom is -0.343 e. The second-order valence-electron chi connectivity index (χ2n) is 6.01. The molecule has 0 fully saturated rings. The van der Waals surface area contributed by atoms with E-state index in [1.165, 1.54) is 6.07 Å². The van der Waals surface area contributed by atoms with Gasteiger partial charge in [-0.25, -0.2) is 4.79 Å². The van der Waals surface area contributed by atoms with Crippen LogP contribution < -0.4 is 21.3 Å². The van der Waals surface area contributed by atoms with E-state index < -0.39 is 11.9 Å². The summed E-state index contributed by atoms with van der Waals surface area (Å²) in [5, 5.41) is 10.5. The van der Waals surface area contributed by atoms with E-state index in [4.69, 9.17) is 6.42 Å². The molecule has 0 aliphatic heterocycles. The summed E-state index contributed by atoms with van der Waals surface area (Å²) in [5.74, 6) is 1.56. The van der Waals surface area contributed by atoms with Crippen molar-refractivity contribution < 1.29 is 14.4 Å². The molecular formula is C21H22N4O3. The lowest BCUT2D eigenvalue weighted by Gasteiger charge is -2.10. The molecule has 4 N–H and O–H groups in total. The highest BCUT2D eigenvalue weighted by Crippen LogP contribution is 2.10. The van der Waals surface area contributed by atoms with Crippen molar-refractivity contribution in [3.8, 4) is 12.3 Å². The Morgan fingerprint density at radius 3 is 2.50 bits per heavy atom. The highest BCUT2D eigenvalue weighted by Gasteiger charge is 2.10. The average Bonchev–Trinajstić information content (AvgIpc) is 2.71. The molecule has 0 heterocycles. The van der Waals surface area contributed by atoms with Gasteiger partial charge in [0.15, 0.2) is 0 Å². The average molecular weight is 378 g/mol. The van der Waals surface area contributed by atoms with Gasteiger partial charge < -0.3 is 21.3 Å². The fourth-order valence-electron chi connectivity index (χ4n) is 2.29. The Kier molecular flexibility index (Phi) is 7.61. The van der Waals surface area contributed by atoms with E-state index >= 15 is 0 Å². The Morgan fingerprint density at radius 2 is 1.79 bits per heavy atom. The normalized spacial score (nSPS) is 10.9. The Labute approximate surface area is 163 Å². The van der Waals surface area contributed by atoms with Crippen molar-refractivity contribution in [2.75, 3.05) is 11.9 Å². The highest BCUT2D eigenvalue weighted by molar-refractivity contribution is 5.98. The van der Waals surface area contributed by atoms with Crippen molar-refractivity contribution in [2.45, 2.75) is 19.5 Å². The highest BCUT2D eigenvalue weighted by atomic mass is 16.2. The first-order valence-electron chi connectivity index (χ1n) is 8.70. The van der Waals surface area contributed by atoms with Crippen LogP contribution in [0.1, 0.15) is 22.8 Å². The van der Waals surface area contributed by atoms with Crippen LogP contribution in [0.3, 0.4) is 0 Å². The molecule has 1 atom stereocenters. The predicted molar refractivity (Wildman–Crippen MR) is 108 cm³/mol. The zero-order valence-electron chi connectivity index (χ0n) is 15.5. The van der Waals surface area contributed by atoms with E-state index in [0.717, 1.165) is 5.56 Å². The van der Waals surface area contributed by atoms with Gasteiger partial charge in [0.25, 0.3) is 5.91 Å². The van der Waals surface area contributed by atoms with Crippen LogP contribution in [0, 0.1) is 12.3 Å². The number of urea groups is 1. The first-order chi connectivity index (χ1) is 13.5. The van der Waals surface area contributed by atoms with Crippen LogP contribution in [0.15, 0.2) is 54.6 Å². The largest absolute Gasteiger partial charge is 0.343 e. The summed E-state index contributed by atoms with van der Waals surface area (Å²) in [7, 11) is 0. The van der Waals surface area contributed by atoms with Crippen molar-refractivity contribution in [3.05, 3.63) is 65.7 Å². The number of amides is 4. The third kappa shape index (κ3) is 6.84. The van der Waals surface area contributed by atoms with Gasteiger partial charge in [-0.3, -0.25) is 9.59 Å². The Balaban J connectivity index is 1.85. The lowest BCUT2D eigenvalue weighted by molar-refractivity contribution is -0.120. The number of nitrogens with one attached hydrogen (secondary N) is 4. The molecule has 7 heteroatoms. The summed E-state index contributed by atoms with van der Waals surface area (Å²) in [6.07, 6.45) is 5.19. The molecule has 0 saturated heterocycles. The number of benzene rings is 2. The number of anilines is 1. The molecule has 2 aromatic rings. The van der Waals surface area contributed by atoms with E-state index in [1.54, 1.807) is 25.1 Å². The van der Waals surface area contributed by atoms with Crippen LogP contribution in [-0.2, 0) is 11.3 Å². The smallest absolute Gasteiger partial charge is 0.319 e. The maximum Gasteiger partial charge on any atom is 0.319 e. The maximum atomic E-state index is 12.2. The Morgan fingerprint density at radius 1 is 1.04 bits per heavy atom. The monoisotopic (exact) mass is 378 g/mol. The van der Waals surface area contributed by atoms with Gasteiger partial charge in [0, 0.05) is 17.8 Å².